The molecule has 0 saturated carbocycles. The number of unbranched alkanes of at least 4 members (excludes halogenated alkanes) is 1. The first-order valence-electron chi connectivity index (χ1n) is 6.84. The van der Waals surface area contributed by atoms with Crippen LogP contribution in [0.15, 0.2) is 24.3 Å². The van der Waals surface area contributed by atoms with Gasteiger partial charge in [0, 0.05) is 0 Å². The first-order chi connectivity index (χ1) is 7.76. The Kier molecular flexibility index (Phi) is 6.22. The van der Waals surface area contributed by atoms with E-state index in [-0.39, 0.29) is 0 Å². The molecule has 0 aliphatic heterocycles. The molecular formula is C16H26. The Hall–Kier alpha value is -0.780. The normalized spacial score (nSPS) is 12.7. The second kappa shape index (κ2) is 7.49. The van der Waals surface area contributed by atoms with Crippen molar-refractivity contribution in [2.75, 3.05) is 0 Å². The van der Waals surface area contributed by atoms with E-state index in [1.54, 1.807) is 0 Å². The van der Waals surface area contributed by atoms with Crippen LogP contribution in [0.4, 0.5) is 0 Å². The van der Waals surface area contributed by atoms with Gasteiger partial charge in [0.2, 0.25) is 0 Å². The summed E-state index contributed by atoms with van der Waals surface area (Å²) in [5.74, 6) is 0.905. The van der Waals surface area contributed by atoms with Gasteiger partial charge in [-0.3, -0.25) is 0 Å². The minimum Gasteiger partial charge on any atom is -0.0651 e. The van der Waals surface area contributed by atoms with Crippen LogP contribution in [0.1, 0.15) is 57.6 Å². The summed E-state index contributed by atoms with van der Waals surface area (Å²) in [6.45, 7) is 6.85. The van der Waals surface area contributed by atoms with E-state index in [9.17, 15) is 0 Å². The number of benzene rings is 1. The molecule has 0 heteroatoms. The van der Waals surface area contributed by atoms with Gasteiger partial charge in [0.25, 0.3) is 0 Å². The third-order valence-electron chi connectivity index (χ3n) is 3.54. The average Bonchev–Trinajstić information content (AvgIpc) is 2.35. The SMILES string of the molecule is CCc1ccc(CCCCC(C)CC)cc1. The largest absolute Gasteiger partial charge is 0.0651 e. The summed E-state index contributed by atoms with van der Waals surface area (Å²) in [5, 5.41) is 0. The quantitative estimate of drug-likeness (QED) is 0.564. The van der Waals surface area contributed by atoms with Crippen molar-refractivity contribution in [1.29, 1.82) is 0 Å². The maximum atomic E-state index is 2.36. The van der Waals surface area contributed by atoms with Crippen molar-refractivity contribution in [3.63, 3.8) is 0 Å². The smallest absolute Gasteiger partial charge is 0.0279 e. The molecule has 0 aliphatic rings. The average molecular weight is 218 g/mol. The zero-order valence-electron chi connectivity index (χ0n) is 11.1. The Morgan fingerprint density at radius 1 is 0.938 bits per heavy atom. The van der Waals surface area contributed by atoms with E-state index in [2.05, 4.69) is 45.0 Å². The molecule has 90 valence electrons. The van der Waals surface area contributed by atoms with Crippen LogP contribution in [0.3, 0.4) is 0 Å². The molecule has 0 aromatic heterocycles. The van der Waals surface area contributed by atoms with Crippen LogP contribution in [0.25, 0.3) is 0 Å². The van der Waals surface area contributed by atoms with Crippen molar-refractivity contribution in [3.8, 4) is 0 Å². The number of rotatable bonds is 7. The van der Waals surface area contributed by atoms with E-state index >= 15 is 0 Å². The monoisotopic (exact) mass is 218 g/mol. The molecule has 0 heterocycles. The van der Waals surface area contributed by atoms with Crippen LogP contribution >= 0.6 is 0 Å². The molecule has 1 aromatic rings. The van der Waals surface area contributed by atoms with Gasteiger partial charge in [-0.1, -0.05) is 64.3 Å². The summed E-state index contributed by atoms with van der Waals surface area (Å²) in [6, 6.07) is 9.12. The summed E-state index contributed by atoms with van der Waals surface area (Å²) in [5.41, 5.74) is 2.95. The highest BCUT2D eigenvalue weighted by Gasteiger charge is 1.99. The van der Waals surface area contributed by atoms with E-state index in [0.717, 1.165) is 12.3 Å². The third-order valence-corrected chi connectivity index (χ3v) is 3.54. The number of hydrogen-bond donors (Lipinski definition) is 0. The van der Waals surface area contributed by atoms with Gasteiger partial charge in [0.05, 0.1) is 0 Å². The van der Waals surface area contributed by atoms with E-state index in [1.165, 1.54) is 43.2 Å². The summed E-state index contributed by atoms with van der Waals surface area (Å²) in [6.07, 6.45) is 7.84. The van der Waals surface area contributed by atoms with E-state index in [4.69, 9.17) is 0 Å². The van der Waals surface area contributed by atoms with Gasteiger partial charge >= 0.3 is 0 Å². The molecule has 0 spiro atoms. The fraction of sp³-hybridized carbons (Fsp3) is 0.625. The van der Waals surface area contributed by atoms with Crippen LogP contribution in [-0.2, 0) is 12.8 Å². The maximum absolute atomic E-state index is 2.36. The predicted molar refractivity (Wildman–Crippen MR) is 72.8 cm³/mol. The molecule has 0 N–H and O–H groups in total. The maximum Gasteiger partial charge on any atom is -0.0279 e. The molecule has 0 aliphatic carbocycles. The lowest BCUT2D eigenvalue weighted by atomic mass is 9.99. The molecule has 1 rings (SSSR count). The topological polar surface area (TPSA) is 0 Å². The van der Waals surface area contributed by atoms with E-state index in [1.807, 2.05) is 0 Å². The molecule has 0 nitrogen and oxygen atoms in total. The summed E-state index contributed by atoms with van der Waals surface area (Å²) in [7, 11) is 0. The van der Waals surface area contributed by atoms with Gasteiger partial charge in [0.15, 0.2) is 0 Å². The summed E-state index contributed by atoms with van der Waals surface area (Å²) in [4.78, 5) is 0. The van der Waals surface area contributed by atoms with Crippen molar-refractivity contribution in [2.24, 2.45) is 5.92 Å². The Bertz CT molecular complexity index is 271. The zero-order valence-corrected chi connectivity index (χ0v) is 11.1. The molecule has 0 radical (unpaired) electrons. The minimum absolute atomic E-state index is 0.905. The number of aryl methyl sites for hydroxylation is 2. The van der Waals surface area contributed by atoms with Gasteiger partial charge in [-0.25, -0.2) is 0 Å². The molecular weight excluding hydrogens is 192 g/mol. The summed E-state index contributed by atoms with van der Waals surface area (Å²) < 4.78 is 0. The lowest BCUT2D eigenvalue weighted by Crippen LogP contribution is -1.93. The third kappa shape index (κ3) is 4.83. The van der Waals surface area contributed by atoms with E-state index < -0.39 is 0 Å². The van der Waals surface area contributed by atoms with Crippen molar-refractivity contribution in [3.05, 3.63) is 35.4 Å². The Labute approximate surface area is 101 Å². The number of hydrogen-bond acceptors (Lipinski definition) is 0. The van der Waals surface area contributed by atoms with Gasteiger partial charge in [-0.15, -0.1) is 0 Å². The van der Waals surface area contributed by atoms with Crippen molar-refractivity contribution in [1.82, 2.24) is 0 Å². The first kappa shape index (κ1) is 13.3. The highest BCUT2D eigenvalue weighted by molar-refractivity contribution is 5.22. The van der Waals surface area contributed by atoms with Gasteiger partial charge in [-0.2, -0.15) is 0 Å². The van der Waals surface area contributed by atoms with Crippen LogP contribution in [0, 0.1) is 5.92 Å². The molecule has 1 aromatic carbocycles. The molecule has 1 atom stereocenters. The second-order valence-electron chi connectivity index (χ2n) is 4.93. The standard InChI is InChI=1S/C16H26/c1-4-14(3)8-6-7-9-16-12-10-15(5-2)11-13-16/h10-14H,4-9H2,1-3H3. The molecule has 1 unspecified atom stereocenters. The van der Waals surface area contributed by atoms with Crippen LogP contribution in [0.2, 0.25) is 0 Å². The van der Waals surface area contributed by atoms with Gasteiger partial charge in [0.1, 0.15) is 0 Å². The molecule has 0 fully saturated rings. The lowest BCUT2D eigenvalue weighted by molar-refractivity contribution is 0.484. The first-order valence-corrected chi connectivity index (χ1v) is 6.84. The van der Waals surface area contributed by atoms with E-state index in [0.29, 0.717) is 0 Å². The van der Waals surface area contributed by atoms with Crippen molar-refractivity contribution < 1.29 is 0 Å². The van der Waals surface area contributed by atoms with Crippen LogP contribution in [-0.4, -0.2) is 0 Å². The van der Waals surface area contributed by atoms with Crippen LogP contribution in [0.5, 0.6) is 0 Å². The molecule has 0 bridgehead atoms. The Morgan fingerprint density at radius 3 is 2.12 bits per heavy atom. The fourth-order valence-electron chi connectivity index (χ4n) is 1.97. The molecule has 0 saturated heterocycles. The minimum atomic E-state index is 0.905. The Morgan fingerprint density at radius 2 is 1.56 bits per heavy atom. The van der Waals surface area contributed by atoms with Crippen LogP contribution < -0.4 is 0 Å². The Balaban J connectivity index is 2.21. The van der Waals surface area contributed by atoms with Gasteiger partial charge in [-0.05, 0) is 36.3 Å². The zero-order chi connectivity index (χ0) is 11.8. The highest BCUT2D eigenvalue weighted by Crippen LogP contribution is 2.14. The predicted octanol–water partition coefficient (Wildman–Crippen LogP) is 5.01. The van der Waals surface area contributed by atoms with Crippen molar-refractivity contribution >= 4 is 0 Å². The molecule has 0 amide bonds. The second-order valence-corrected chi connectivity index (χ2v) is 4.93. The fourth-order valence-corrected chi connectivity index (χ4v) is 1.97. The van der Waals surface area contributed by atoms with Gasteiger partial charge < -0.3 is 0 Å². The highest BCUT2D eigenvalue weighted by atomic mass is 14.0. The van der Waals surface area contributed by atoms with Crippen molar-refractivity contribution in [2.45, 2.75) is 59.3 Å². The molecule has 16 heavy (non-hydrogen) atoms. The lowest BCUT2D eigenvalue weighted by Gasteiger charge is -2.07. The summed E-state index contributed by atoms with van der Waals surface area (Å²) >= 11 is 0.